The van der Waals surface area contributed by atoms with Gasteiger partial charge < -0.3 is 24.3 Å². The van der Waals surface area contributed by atoms with E-state index in [9.17, 15) is 4.79 Å². The van der Waals surface area contributed by atoms with Crippen molar-refractivity contribution in [1.29, 1.82) is 0 Å². The minimum Gasteiger partial charge on any atom is -0.382 e. The highest BCUT2D eigenvalue weighted by atomic mass is 16.6. The van der Waals surface area contributed by atoms with E-state index in [1.54, 1.807) is 7.11 Å². The molecule has 122 valence electrons. The lowest BCUT2D eigenvalue weighted by atomic mass is 10.5. The highest BCUT2D eigenvalue weighted by Gasteiger charge is 1.99. The highest BCUT2D eigenvalue weighted by molar-refractivity contribution is 5.77. The third kappa shape index (κ3) is 19.6. The largest absolute Gasteiger partial charge is 0.382 e. The SMILES string of the molecule is CC.CCCNC(=O)COCCOCCOCCOC. The maximum atomic E-state index is 11.1. The van der Waals surface area contributed by atoms with Crippen LogP contribution in [0.25, 0.3) is 0 Å². The number of hydrogen-bond donors (Lipinski definition) is 1. The lowest BCUT2D eigenvalue weighted by Crippen LogP contribution is -2.28. The second-order valence-corrected chi connectivity index (χ2v) is 3.62. The van der Waals surface area contributed by atoms with Crippen LogP contribution in [0, 0.1) is 0 Å². The van der Waals surface area contributed by atoms with Crippen molar-refractivity contribution in [2.45, 2.75) is 27.2 Å². The highest BCUT2D eigenvalue weighted by Crippen LogP contribution is 1.82. The molecule has 0 aliphatic rings. The van der Waals surface area contributed by atoms with E-state index in [0.717, 1.165) is 6.42 Å². The molecule has 0 unspecified atom stereocenters. The Morgan fingerprint density at radius 3 is 1.90 bits per heavy atom. The number of amides is 1. The summed E-state index contributed by atoms with van der Waals surface area (Å²) >= 11 is 0. The first-order chi connectivity index (χ1) is 9.81. The average Bonchev–Trinajstić information content (AvgIpc) is 2.49. The molecule has 6 nitrogen and oxygen atoms in total. The summed E-state index contributed by atoms with van der Waals surface area (Å²) in [6, 6.07) is 0. The molecule has 0 saturated heterocycles. The van der Waals surface area contributed by atoms with Gasteiger partial charge in [-0.2, -0.15) is 0 Å². The van der Waals surface area contributed by atoms with Gasteiger partial charge in [-0.1, -0.05) is 20.8 Å². The Bertz CT molecular complexity index is 190. The van der Waals surface area contributed by atoms with E-state index in [1.807, 2.05) is 20.8 Å². The van der Waals surface area contributed by atoms with Gasteiger partial charge in [0.25, 0.3) is 0 Å². The molecule has 6 heteroatoms. The Hall–Kier alpha value is -0.690. The van der Waals surface area contributed by atoms with Crippen LogP contribution < -0.4 is 5.32 Å². The van der Waals surface area contributed by atoms with Crippen molar-refractivity contribution in [3.8, 4) is 0 Å². The molecule has 0 aromatic carbocycles. The molecule has 0 fully saturated rings. The molecule has 0 saturated carbocycles. The zero-order chi connectivity index (χ0) is 15.5. The molecule has 0 rings (SSSR count). The maximum absolute atomic E-state index is 11.1. The Kier molecular flexibility index (Phi) is 22.3. The lowest BCUT2D eigenvalue weighted by Gasteiger charge is -2.07. The molecule has 0 aliphatic heterocycles. The first-order valence-electron chi connectivity index (χ1n) is 7.30. The number of rotatable bonds is 13. The number of ether oxygens (including phenoxy) is 4. The van der Waals surface area contributed by atoms with Crippen molar-refractivity contribution in [2.75, 3.05) is 59.9 Å². The molecule has 0 bridgehead atoms. The van der Waals surface area contributed by atoms with Crippen LogP contribution in [-0.2, 0) is 23.7 Å². The van der Waals surface area contributed by atoms with E-state index >= 15 is 0 Å². The summed E-state index contributed by atoms with van der Waals surface area (Å²) in [5, 5.41) is 2.73. The van der Waals surface area contributed by atoms with E-state index in [1.165, 1.54) is 0 Å². The lowest BCUT2D eigenvalue weighted by molar-refractivity contribution is -0.126. The van der Waals surface area contributed by atoms with Crippen LogP contribution >= 0.6 is 0 Å². The van der Waals surface area contributed by atoms with E-state index in [4.69, 9.17) is 18.9 Å². The molecule has 0 atom stereocenters. The smallest absolute Gasteiger partial charge is 0.245 e. The molecule has 0 radical (unpaired) electrons. The summed E-state index contributed by atoms with van der Waals surface area (Å²) in [7, 11) is 1.63. The van der Waals surface area contributed by atoms with Gasteiger partial charge in [-0.05, 0) is 6.42 Å². The van der Waals surface area contributed by atoms with Crippen LogP contribution in [0.2, 0.25) is 0 Å². The van der Waals surface area contributed by atoms with Crippen LogP contribution in [0.5, 0.6) is 0 Å². The van der Waals surface area contributed by atoms with E-state index in [-0.39, 0.29) is 12.5 Å². The van der Waals surface area contributed by atoms with E-state index in [2.05, 4.69) is 5.32 Å². The van der Waals surface area contributed by atoms with Crippen molar-refractivity contribution < 1.29 is 23.7 Å². The first kappa shape index (κ1) is 21.6. The normalized spacial score (nSPS) is 9.80. The van der Waals surface area contributed by atoms with Gasteiger partial charge in [-0.25, -0.2) is 0 Å². The number of methoxy groups -OCH3 is 1. The number of carbonyl (C=O) groups is 1. The fourth-order valence-electron chi connectivity index (χ4n) is 1.06. The molecule has 0 aromatic heterocycles. The van der Waals surface area contributed by atoms with Gasteiger partial charge in [0, 0.05) is 13.7 Å². The summed E-state index contributed by atoms with van der Waals surface area (Å²) in [6.07, 6.45) is 0.928. The number of carbonyl (C=O) groups excluding carboxylic acids is 1. The van der Waals surface area contributed by atoms with Crippen LogP contribution in [0.3, 0.4) is 0 Å². The standard InChI is InChI=1S/C12H25NO5.C2H6/c1-3-4-13-12(14)11-18-10-9-17-8-7-16-6-5-15-2;1-2/h3-11H2,1-2H3,(H,13,14);1-2H3. The Morgan fingerprint density at radius 2 is 1.40 bits per heavy atom. The number of hydrogen-bond acceptors (Lipinski definition) is 5. The fraction of sp³-hybridized carbons (Fsp3) is 0.929. The Balaban J connectivity index is 0. The molecule has 0 aromatic rings. The topological polar surface area (TPSA) is 66.0 Å². The molecule has 1 amide bonds. The van der Waals surface area contributed by atoms with Gasteiger partial charge >= 0.3 is 0 Å². The maximum Gasteiger partial charge on any atom is 0.245 e. The molecular formula is C14H31NO5. The van der Waals surface area contributed by atoms with E-state index < -0.39 is 0 Å². The average molecular weight is 293 g/mol. The second kappa shape index (κ2) is 20.6. The van der Waals surface area contributed by atoms with Gasteiger partial charge in [-0.15, -0.1) is 0 Å². The molecule has 0 heterocycles. The van der Waals surface area contributed by atoms with Crippen molar-refractivity contribution in [3.05, 3.63) is 0 Å². The zero-order valence-electron chi connectivity index (χ0n) is 13.4. The third-order valence-corrected chi connectivity index (χ3v) is 1.98. The van der Waals surface area contributed by atoms with Crippen molar-refractivity contribution in [2.24, 2.45) is 0 Å². The van der Waals surface area contributed by atoms with Crippen LogP contribution in [0.1, 0.15) is 27.2 Å². The van der Waals surface area contributed by atoms with Gasteiger partial charge in [-0.3, -0.25) is 4.79 Å². The predicted octanol–water partition coefficient (Wildman–Crippen LogP) is 1.24. The van der Waals surface area contributed by atoms with Gasteiger partial charge in [0.2, 0.25) is 5.91 Å². The summed E-state index contributed by atoms with van der Waals surface area (Å²) < 4.78 is 20.4. The first-order valence-corrected chi connectivity index (χ1v) is 7.30. The summed E-state index contributed by atoms with van der Waals surface area (Å²) in [6.45, 7) is 9.90. The van der Waals surface area contributed by atoms with E-state index in [0.29, 0.717) is 46.2 Å². The van der Waals surface area contributed by atoms with Gasteiger partial charge in [0.05, 0.1) is 39.6 Å². The summed E-state index contributed by atoms with van der Waals surface area (Å²) in [5.74, 6) is -0.0836. The van der Waals surface area contributed by atoms with Gasteiger partial charge in [0.1, 0.15) is 6.61 Å². The summed E-state index contributed by atoms with van der Waals surface area (Å²) in [5.41, 5.74) is 0. The third-order valence-electron chi connectivity index (χ3n) is 1.98. The van der Waals surface area contributed by atoms with Crippen molar-refractivity contribution in [3.63, 3.8) is 0 Å². The van der Waals surface area contributed by atoms with Gasteiger partial charge in [0.15, 0.2) is 0 Å². The van der Waals surface area contributed by atoms with Crippen molar-refractivity contribution >= 4 is 5.91 Å². The zero-order valence-corrected chi connectivity index (χ0v) is 13.4. The van der Waals surface area contributed by atoms with Crippen LogP contribution in [0.4, 0.5) is 0 Å². The van der Waals surface area contributed by atoms with Crippen molar-refractivity contribution in [1.82, 2.24) is 5.32 Å². The molecule has 1 N–H and O–H groups in total. The Labute approximate surface area is 123 Å². The van der Waals surface area contributed by atoms with Crippen LogP contribution in [0.15, 0.2) is 0 Å². The molecule has 0 spiro atoms. The molecular weight excluding hydrogens is 262 g/mol. The Morgan fingerprint density at radius 1 is 0.900 bits per heavy atom. The second-order valence-electron chi connectivity index (χ2n) is 3.62. The summed E-state index contributed by atoms with van der Waals surface area (Å²) in [4.78, 5) is 11.1. The molecule has 20 heavy (non-hydrogen) atoms. The minimum atomic E-state index is -0.0836. The number of nitrogens with one attached hydrogen (secondary N) is 1. The minimum absolute atomic E-state index is 0.0836. The molecule has 0 aliphatic carbocycles. The monoisotopic (exact) mass is 293 g/mol. The van der Waals surface area contributed by atoms with Crippen LogP contribution in [-0.4, -0.2) is 65.8 Å². The fourth-order valence-corrected chi connectivity index (χ4v) is 1.06. The quantitative estimate of drug-likeness (QED) is 0.517. The predicted molar refractivity (Wildman–Crippen MR) is 79.0 cm³/mol.